The van der Waals surface area contributed by atoms with Crippen molar-refractivity contribution in [2.24, 2.45) is 0 Å². The third kappa shape index (κ3) is 5.34. The predicted octanol–water partition coefficient (Wildman–Crippen LogP) is 1.25. The van der Waals surface area contributed by atoms with Gasteiger partial charge in [-0.2, -0.15) is 0 Å². The van der Waals surface area contributed by atoms with E-state index >= 15 is 0 Å². The molecule has 0 saturated heterocycles. The minimum absolute atomic E-state index is 0.0932. The van der Waals surface area contributed by atoms with Gasteiger partial charge >= 0.3 is 17.9 Å². The van der Waals surface area contributed by atoms with Crippen LogP contribution in [0.2, 0.25) is 0 Å². The fourth-order valence-electron chi connectivity index (χ4n) is 1.19. The first kappa shape index (κ1) is 15.4. The number of para-hydroxylation sites is 1. The summed E-state index contributed by atoms with van der Waals surface area (Å²) < 4.78 is 13.9. The van der Waals surface area contributed by atoms with Gasteiger partial charge in [0.2, 0.25) is 0 Å². The summed E-state index contributed by atoms with van der Waals surface area (Å²) >= 11 is 0. The molecule has 1 rings (SSSR count). The van der Waals surface area contributed by atoms with Crippen LogP contribution in [-0.2, 0) is 23.9 Å². The van der Waals surface area contributed by atoms with E-state index in [-0.39, 0.29) is 12.0 Å². The van der Waals surface area contributed by atoms with Gasteiger partial charge < -0.3 is 14.2 Å². The fraction of sp³-hybridized carbons (Fsp3) is 0.214. The van der Waals surface area contributed by atoms with Crippen molar-refractivity contribution in [2.75, 3.05) is 13.7 Å². The van der Waals surface area contributed by atoms with Crippen molar-refractivity contribution in [3.05, 3.63) is 42.5 Å². The van der Waals surface area contributed by atoms with Crippen molar-refractivity contribution >= 4 is 17.9 Å². The topological polar surface area (TPSA) is 78.9 Å². The molecular weight excluding hydrogens is 264 g/mol. The molecule has 0 aromatic heterocycles. The van der Waals surface area contributed by atoms with E-state index in [1.54, 1.807) is 30.3 Å². The molecular formula is C14H14O6. The first-order chi connectivity index (χ1) is 9.52. The number of carbonyl (C=O) groups is 3. The number of methoxy groups -OCH3 is 1. The highest BCUT2D eigenvalue weighted by Gasteiger charge is 2.15. The number of carbonyl (C=O) groups excluding carboxylic acids is 3. The smallest absolute Gasteiger partial charge is 0.349 e. The van der Waals surface area contributed by atoms with Crippen LogP contribution in [0, 0.1) is 0 Å². The highest BCUT2D eigenvalue weighted by atomic mass is 16.6. The van der Waals surface area contributed by atoms with Crippen molar-refractivity contribution < 1.29 is 28.6 Å². The summed E-state index contributed by atoms with van der Waals surface area (Å²) in [5, 5.41) is 0. The van der Waals surface area contributed by atoms with Gasteiger partial charge in [-0.05, 0) is 12.1 Å². The largest absolute Gasteiger partial charge is 0.469 e. The molecule has 0 spiro atoms. The molecule has 0 aliphatic carbocycles. The van der Waals surface area contributed by atoms with Crippen LogP contribution in [0.4, 0.5) is 0 Å². The van der Waals surface area contributed by atoms with E-state index < -0.39 is 24.5 Å². The van der Waals surface area contributed by atoms with Gasteiger partial charge in [-0.1, -0.05) is 24.8 Å². The lowest BCUT2D eigenvalue weighted by Gasteiger charge is -2.06. The third-order valence-corrected chi connectivity index (χ3v) is 2.17. The molecule has 6 heteroatoms. The summed E-state index contributed by atoms with van der Waals surface area (Å²) in [6.45, 7) is 2.82. The van der Waals surface area contributed by atoms with E-state index in [9.17, 15) is 14.4 Å². The van der Waals surface area contributed by atoms with Crippen LogP contribution >= 0.6 is 0 Å². The van der Waals surface area contributed by atoms with Crippen molar-refractivity contribution in [1.82, 2.24) is 0 Å². The number of ether oxygens (including phenoxy) is 3. The predicted molar refractivity (Wildman–Crippen MR) is 68.8 cm³/mol. The van der Waals surface area contributed by atoms with Crippen molar-refractivity contribution in [3.8, 4) is 5.75 Å². The maximum atomic E-state index is 11.4. The average molecular weight is 278 g/mol. The van der Waals surface area contributed by atoms with Crippen molar-refractivity contribution in [3.63, 3.8) is 0 Å². The molecule has 0 unspecified atom stereocenters. The monoisotopic (exact) mass is 278 g/mol. The molecule has 0 aliphatic rings. The molecule has 0 N–H and O–H groups in total. The first-order valence-electron chi connectivity index (χ1n) is 5.70. The molecule has 0 bridgehead atoms. The van der Waals surface area contributed by atoms with E-state index in [4.69, 9.17) is 4.74 Å². The second kappa shape index (κ2) is 7.73. The zero-order valence-corrected chi connectivity index (χ0v) is 11.0. The molecule has 0 fully saturated rings. The maximum absolute atomic E-state index is 11.4. The van der Waals surface area contributed by atoms with E-state index in [1.165, 1.54) is 7.11 Å². The van der Waals surface area contributed by atoms with Gasteiger partial charge in [0.05, 0.1) is 13.5 Å². The molecule has 1 aromatic rings. The molecule has 1 aromatic carbocycles. The van der Waals surface area contributed by atoms with Crippen LogP contribution in [0.15, 0.2) is 42.5 Å². The Morgan fingerprint density at radius 3 is 2.35 bits per heavy atom. The van der Waals surface area contributed by atoms with Crippen LogP contribution in [0.25, 0.3) is 0 Å². The molecule has 0 radical (unpaired) electrons. The minimum atomic E-state index is -0.847. The summed E-state index contributed by atoms with van der Waals surface area (Å²) in [4.78, 5) is 33.7. The van der Waals surface area contributed by atoms with Crippen molar-refractivity contribution in [1.29, 1.82) is 0 Å². The van der Waals surface area contributed by atoms with Gasteiger partial charge in [0.15, 0.2) is 6.61 Å². The fourth-order valence-corrected chi connectivity index (χ4v) is 1.19. The molecule has 0 saturated carbocycles. The molecule has 0 aliphatic heterocycles. The standard InChI is InChI=1S/C14H14O6/c1-10(8-12(15)18-2)14(17)19-9-13(16)20-11-6-4-3-5-7-11/h3-7H,1,8-9H2,2H3. The van der Waals surface area contributed by atoms with E-state index in [1.807, 2.05) is 0 Å². The molecule has 20 heavy (non-hydrogen) atoms. The van der Waals surface area contributed by atoms with Gasteiger partial charge in [-0.25, -0.2) is 9.59 Å². The van der Waals surface area contributed by atoms with Crippen LogP contribution in [0.3, 0.4) is 0 Å². The number of benzene rings is 1. The van der Waals surface area contributed by atoms with Gasteiger partial charge in [0.25, 0.3) is 0 Å². The van der Waals surface area contributed by atoms with Crippen LogP contribution in [0.5, 0.6) is 5.75 Å². The SMILES string of the molecule is C=C(CC(=O)OC)C(=O)OCC(=O)Oc1ccccc1. The lowest BCUT2D eigenvalue weighted by Crippen LogP contribution is -2.20. The van der Waals surface area contributed by atoms with E-state index in [0.717, 1.165) is 0 Å². The Bertz CT molecular complexity index is 506. The van der Waals surface area contributed by atoms with E-state index in [2.05, 4.69) is 16.1 Å². The highest BCUT2D eigenvalue weighted by Crippen LogP contribution is 2.09. The number of esters is 3. The Labute approximate surface area is 115 Å². The zero-order chi connectivity index (χ0) is 15.0. The molecule has 106 valence electrons. The third-order valence-electron chi connectivity index (χ3n) is 2.17. The molecule has 6 nitrogen and oxygen atoms in total. The van der Waals surface area contributed by atoms with Crippen LogP contribution in [-0.4, -0.2) is 31.6 Å². The maximum Gasteiger partial charge on any atom is 0.349 e. The lowest BCUT2D eigenvalue weighted by molar-refractivity contribution is -0.151. The van der Waals surface area contributed by atoms with Crippen LogP contribution < -0.4 is 4.74 Å². The molecule has 0 amide bonds. The summed E-state index contributed by atoms with van der Waals surface area (Å²) in [5.41, 5.74) is -0.0932. The molecule has 0 heterocycles. The van der Waals surface area contributed by atoms with Gasteiger partial charge in [-0.15, -0.1) is 0 Å². The highest BCUT2D eigenvalue weighted by molar-refractivity contribution is 5.94. The number of hydrogen-bond acceptors (Lipinski definition) is 6. The second-order valence-electron chi connectivity index (χ2n) is 3.72. The summed E-state index contributed by atoms with van der Waals surface area (Å²) in [6.07, 6.45) is -0.289. The Morgan fingerprint density at radius 2 is 1.75 bits per heavy atom. The molecule has 0 atom stereocenters. The van der Waals surface area contributed by atoms with Crippen LogP contribution in [0.1, 0.15) is 6.42 Å². The summed E-state index contributed by atoms with van der Waals surface area (Å²) in [5.74, 6) is -1.84. The van der Waals surface area contributed by atoms with Crippen molar-refractivity contribution in [2.45, 2.75) is 6.42 Å². The minimum Gasteiger partial charge on any atom is -0.469 e. The van der Waals surface area contributed by atoms with Gasteiger partial charge in [-0.3, -0.25) is 4.79 Å². The summed E-state index contributed by atoms with van der Waals surface area (Å²) in [7, 11) is 1.19. The van der Waals surface area contributed by atoms with E-state index in [0.29, 0.717) is 5.75 Å². The quantitative estimate of drug-likeness (QED) is 0.443. The number of rotatable bonds is 6. The Balaban J connectivity index is 2.35. The Morgan fingerprint density at radius 1 is 1.10 bits per heavy atom. The first-order valence-corrected chi connectivity index (χ1v) is 5.70. The lowest BCUT2D eigenvalue weighted by atomic mass is 10.2. The average Bonchev–Trinajstić information content (AvgIpc) is 2.45. The van der Waals surface area contributed by atoms with Gasteiger partial charge in [0.1, 0.15) is 5.75 Å². The normalized spacial score (nSPS) is 9.45. The Hall–Kier alpha value is -2.63. The zero-order valence-electron chi connectivity index (χ0n) is 11.0. The Kier molecular flexibility index (Phi) is 5.96. The number of hydrogen-bond donors (Lipinski definition) is 0. The van der Waals surface area contributed by atoms with Gasteiger partial charge in [0, 0.05) is 5.57 Å². The summed E-state index contributed by atoms with van der Waals surface area (Å²) in [6, 6.07) is 8.36. The second-order valence-corrected chi connectivity index (χ2v) is 3.72.